The Bertz CT molecular complexity index is 552. The molecule has 0 saturated heterocycles. The third-order valence-corrected chi connectivity index (χ3v) is 3.22. The third kappa shape index (κ3) is 5.60. The zero-order valence-electron chi connectivity index (χ0n) is 12.9. The lowest BCUT2D eigenvalue weighted by Gasteiger charge is -2.18. The zero-order chi connectivity index (χ0) is 14.9. The number of benzene rings is 1. The summed E-state index contributed by atoms with van der Waals surface area (Å²) < 4.78 is 0. The van der Waals surface area contributed by atoms with E-state index in [1.807, 2.05) is 6.92 Å². The second kappa shape index (κ2) is 10.1. The van der Waals surface area contributed by atoms with Crippen LogP contribution in [0.5, 0.6) is 0 Å². The Morgan fingerprint density at radius 3 is 2.77 bits per heavy atom. The van der Waals surface area contributed by atoms with Gasteiger partial charge in [-0.2, -0.15) is 0 Å². The number of hydrogen-bond acceptors (Lipinski definition) is 2. The first-order valence-corrected chi connectivity index (χ1v) is 7.28. The molecule has 5 heteroatoms. The lowest BCUT2D eigenvalue weighted by Crippen LogP contribution is -2.37. The third-order valence-electron chi connectivity index (χ3n) is 3.22. The minimum Gasteiger partial charge on any atom is -0.364 e. The SMILES string of the molecule is C#CCNC(=NCc1cccc(N2CC=CC2)c1)NCC.I. The highest BCUT2D eigenvalue weighted by Crippen LogP contribution is 2.18. The van der Waals surface area contributed by atoms with Crippen LogP contribution in [0.4, 0.5) is 5.69 Å². The van der Waals surface area contributed by atoms with Crippen molar-refractivity contribution in [2.45, 2.75) is 13.5 Å². The number of aliphatic imine (C=N–C) groups is 1. The van der Waals surface area contributed by atoms with Crippen LogP contribution < -0.4 is 15.5 Å². The second-order valence-corrected chi connectivity index (χ2v) is 4.80. The topological polar surface area (TPSA) is 39.7 Å². The van der Waals surface area contributed by atoms with Gasteiger partial charge in [0, 0.05) is 25.3 Å². The van der Waals surface area contributed by atoms with E-state index in [0.717, 1.165) is 25.6 Å². The Morgan fingerprint density at radius 1 is 1.32 bits per heavy atom. The summed E-state index contributed by atoms with van der Waals surface area (Å²) in [5, 5.41) is 6.27. The van der Waals surface area contributed by atoms with E-state index in [4.69, 9.17) is 6.42 Å². The van der Waals surface area contributed by atoms with Crippen LogP contribution in [0.2, 0.25) is 0 Å². The van der Waals surface area contributed by atoms with Gasteiger partial charge in [0.2, 0.25) is 0 Å². The Morgan fingerprint density at radius 2 is 2.09 bits per heavy atom. The van der Waals surface area contributed by atoms with Crippen LogP contribution in [0.3, 0.4) is 0 Å². The molecule has 0 atom stereocenters. The van der Waals surface area contributed by atoms with Crippen molar-refractivity contribution in [3.8, 4) is 12.3 Å². The lowest BCUT2D eigenvalue weighted by molar-refractivity contribution is 0.864. The Balaban J connectivity index is 0.00000242. The highest BCUT2D eigenvalue weighted by Gasteiger charge is 2.07. The number of rotatable bonds is 5. The van der Waals surface area contributed by atoms with Crippen LogP contribution >= 0.6 is 24.0 Å². The van der Waals surface area contributed by atoms with Crippen molar-refractivity contribution in [2.75, 3.05) is 31.1 Å². The Hall–Kier alpha value is -1.68. The Kier molecular flexibility index (Phi) is 8.44. The van der Waals surface area contributed by atoms with Crippen LogP contribution in [0, 0.1) is 12.3 Å². The zero-order valence-corrected chi connectivity index (χ0v) is 15.2. The molecule has 0 aliphatic carbocycles. The number of halogens is 1. The molecule has 118 valence electrons. The average molecular weight is 410 g/mol. The van der Waals surface area contributed by atoms with Crippen LogP contribution in [0.15, 0.2) is 41.4 Å². The number of nitrogens with zero attached hydrogens (tertiary/aromatic N) is 2. The predicted octanol–water partition coefficient (Wildman–Crippen LogP) is 2.37. The molecular formula is C17H23IN4. The van der Waals surface area contributed by atoms with Crippen LogP contribution in [0.1, 0.15) is 12.5 Å². The highest BCUT2D eigenvalue weighted by molar-refractivity contribution is 14.0. The first kappa shape index (κ1) is 18.4. The van der Waals surface area contributed by atoms with Gasteiger partial charge in [0.1, 0.15) is 0 Å². The smallest absolute Gasteiger partial charge is 0.192 e. The largest absolute Gasteiger partial charge is 0.364 e. The lowest BCUT2D eigenvalue weighted by atomic mass is 10.2. The molecule has 22 heavy (non-hydrogen) atoms. The molecule has 2 rings (SSSR count). The van der Waals surface area contributed by atoms with Gasteiger partial charge in [0.25, 0.3) is 0 Å². The van der Waals surface area contributed by atoms with Crippen LogP contribution in [0.25, 0.3) is 0 Å². The summed E-state index contributed by atoms with van der Waals surface area (Å²) in [6, 6.07) is 8.52. The van der Waals surface area contributed by atoms with Gasteiger partial charge in [-0.1, -0.05) is 30.2 Å². The van der Waals surface area contributed by atoms with E-state index in [1.54, 1.807) is 0 Å². The summed E-state index contributed by atoms with van der Waals surface area (Å²) in [5.41, 5.74) is 2.44. The van der Waals surface area contributed by atoms with Crippen molar-refractivity contribution in [1.29, 1.82) is 0 Å². The van der Waals surface area contributed by atoms with E-state index >= 15 is 0 Å². The maximum Gasteiger partial charge on any atom is 0.192 e. The fourth-order valence-electron chi connectivity index (χ4n) is 2.19. The molecule has 0 bridgehead atoms. The second-order valence-electron chi connectivity index (χ2n) is 4.80. The van der Waals surface area contributed by atoms with E-state index in [1.165, 1.54) is 11.3 Å². The molecule has 4 nitrogen and oxygen atoms in total. The summed E-state index contributed by atoms with van der Waals surface area (Å²) in [6.07, 6.45) is 9.65. The molecule has 1 heterocycles. The first-order chi connectivity index (χ1) is 10.3. The molecule has 0 aromatic heterocycles. The Labute approximate surface area is 150 Å². The summed E-state index contributed by atoms with van der Waals surface area (Å²) in [7, 11) is 0. The normalized spacial score (nSPS) is 13.5. The number of hydrogen-bond donors (Lipinski definition) is 2. The molecule has 0 fully saturated rings. The van der Waals surface area contributed by atoms with Crippen molar-refractivity contribution in [3.63, 3.8) is 0 Å². The van der Waals surface area contributed by atoms with Crippen LogP contribution in [-0.4, -0.2) is 32.1 Å². The van der Waals surface area contributed by atoms with Gasteiger partial charge in [-0.3, -0.25) is 0 Å². The van der Waals surface area contributed by atoms with Crippen molar-refractivity contribution in [2.24, 2.45) is 4.99 Å². The fraction of sp³-hybridized carbons (Fsp3) is 0.353. The van der Waals surface area contributed by atoms with Gasteiger partial charge >= 0.3 is 0 Å². The summed E-state index contributed by atoms with van der Waals surface area (Å²) in [5.74, 6) is 3.31. The quantitative estimate of drug-likeness (QED) is 0.258. The van der Waals surface area contributed by atoms with E-state index in [0.29, 0.717) is 13.1 Å². The van der Waals surface area contributed by atoms with Crippen LogP contribution in [-0.2, 0) is 6.54 Å². The maximum atomic E-state index is 5.26. The monoisotopic (exact) mass is 410 g/mol. The van der Waals surface area contributed by atoms with Crippen molar-refractivity contribution in [1.82, 2.24) is 10.6 Å². The van der Waals surface area contributed by atoms with Gasteiger partial charge in [0.05, 0.1) is 13.1 Å². The summed E-state index contributed by atoms with van der Waals surface area (Å²) in [6.45, 7) is 5.93. The highest BCUT2D eigenvalue weighted by atomic mass is 127. The molecule has 0 unspecified atom stereocenters. The first-order valence-electron chi connectivity index (χ1n) is 7.28. The minimum absolute atomic E-state index is 0. The summed E-state index contributed by atoms with van der Waals surface area (Å²) >= 11 is 0. The van der Waals surface area contributed by atoms with Gasteiger partial charge in [0.15, 0.2) is 5.96 Å². The van der Waals surface area contributed by atoms with E-state index in [2.05, 4.69) is 62.9 Å². The summed E-state index contributed by atoms with van der Waals surface area (Å²) in [4.78, 5) is 6.88. The molecule has 1 aliphatic rings. The average Bonchev–Trinajstić information content (AvgIpc) is 3.05. The van der Waals surface area contributed by atoms with Gasteiger partial charge in [-0.15, -0.1) is 30.4 Å². The number of guanidine groups is 1. The van der Waals surface area contributed by atoms with E-state index < -0.39 is 0 Å². The molecule has 0 saturated carbocycles. The van der Waals surface area contributed by atoms with Gasteiger partial charge in [-0.25, -0.2) is 4.99 Å². The van der Waals surface area contributed by atoms with E-state index in [9.17, 15) is 0 Å². The van der Waals surface area contributed by atoms with Crippen molar-refractivity contribution in [3.05, 3.63) is 42.0 Å². The predicted molar refractivity (Wildman–Crippen MR) is 105 cm³/mol. The molecule has 1 aliphatic heterocycles. The molecule has 0 spiro atoms. The van der Waals surface area contributed by atoms with Crippen molar-refractivity contribution >= 4 is 35.6 Å². The maximum absolute atomic E-state index is 5.26. The molecule has 0 amide bonds. The van der Waals surface area contributed by atoms with Crippen molar-refractivity contribution < 1.29 is 0 Å². The number of anilines is 1. The number of terminal acetylenes is 1. The molecule has 2 N–H and O–H groups in total. The van der Waals surface area contributed by atoms with E-state index in [-0.39, 0.29) is 24.0 Å². The standard InChI is InChI=1S/C17H22N4.HI/c1-3-10-19-17(18-4-2)20-14-15-8-7-9-16(13-15)21-11-5-6-12-21;/h1,5-9,13H,4,10-12,14H2,2H3,(H2,18,19,20);1H. The molecule has 0 radical (unpaired) electrons. The molecular weight excluding hydrogens is 387 g/mol. The molecule has 1 aromatic carbocycles. The fourth-order valence-corrected chi connectivity index (χ4v) is 2.19. The minimum atomic E-state index is 0. The molecule has 1 aromatic rings. The number of nitrogens with one attached hydrogen (secondary N) is 2. The van der Waals surface area contributed by atoms with Gasteiger partial charge in [-0.05, 0) is 24.6 Å². The van der Waals surface area contributed by atoms with Gasteiger partial charge < -0.3 is 15.5 Å².